The van der Waals surface area contributed by atoms with Gasteiger partial charge >= 0.3 is 6.18 Å². The Labute approximate surface area is 192 Å². The van der Waals surface area contributed by atoms with Crippen LogP contribution >= 0.6 is 24.0 Å². The van der Waals surface area contributed by atoms with Gasteiger partial charge in [-0.3, -0.25) is 0 Å². The van der Waals surface area contributed by atoms with Crippen molar-refractivity contribution >= 4 is 29.9 Å². The first-order valence-electron chi connectivity index (χ1n) is 9.27. The van der Waals surface area contributed by atoms with Gasteiger partial charge in [-0.15, -0.1) is 24.0 Å². The number of methoxy groups -OCH3 is 1. The Morgan fingerprint density at radius 2 is 1.70 bits per heavy atom. The van der Waals surface area contributed by atoms with E-state index in [-0.39, 0.29) is 30.6 Å². The van der Waals surface area contributed by atoms with Crippen LogP contribution in [0.25, 0.3) is 0 Å². The Morgan fingerprint density at radius 3 is 2.33 bits per heavy atom. The molecule has 0 bridgehead atoms. The summed E-state index contributed by atoms with van der Waals surface area (Å²) in [7, 11) is 1.63. The van der Waals surface area contributed by atoms with Gasteiger partial charge in [0.25, 0.3) is 0 Å². The van der Waals surface area contributed by atoms with Crippen LogP contribution in [0.15, 0.2) is 53.5 Å². The van der Waals surface area contributed by atoms with Crippen molar-refractivity contribution < 1.29 is 22.6 Å². The van der Waals surface area contributed by atoms with Crippen molar-refractivity contribution in [3.05, 3.63) is 65.2 Å². The molecule has 0 aromatic heterocycles. The number of benzene rings is 2. The van der Waals surface area contributed by atoms with E-state index in [9.17, 15) is 13.2 Å². The first-order chi connectivity index (χ1) is 13.9. The van der Waals surface area contributed by atoms with Crippen molar-refractivity contribution in [1.29, 1.82) is 0 Å². The number of rotatable bonds is 9. The minimum atomic E-state index is -4.31. The lowest BCUT2D eigenvalue weighted by molar-refractivity contribution is -0.176. The number of halogens is 4. The summed E-state index contributed by atoms with van der Waals surface area (Å²) >= 11 is 0. The molecule has 0 heterocycles. The highest BCUT2D eigenvalue weighted by molar-refractivity contribution is 14.0. The zero-order chi connectivity index (χ0) is 21.1. The molecule has 2 rings (SSSR count). The van der Waals surface area contributed by atoms with Gasteiger partial charge < -0.3 is 20.1 Å². The molecule has 0 unspecified atom stereocenters. The molecule has 166 valence electrons. The van der Waals surface area contributed by atoms with Crippen LogP contribution in [0.2, 0.25) is 0 Å². The lowest BCUT2D eigenvalue weighted by Crippen LogP contribution is -2.36. The third-order valence-corrected chi connectivity index (χ3v) is 3.92. The molecule has 0 amide bonds. The van der Waals surface area contributed by atoms with Gasteiger partial charge in [-0.2, -0.15) is 13.2 Å². The zero-order valence-corrected chi connectivity index (χ0v) is 19.3. The number of guanidine groups is 1. The van der Waals surface area contributed by atoms with E-state index >= 15 is 0 Å². The van der Waals surface area contributed by atoms with E-state index in [2.05, 4.69) is 20.4 Å². The molecule has 30 heavy (non-hydrogen) atoms. The van der Waals surface area contributed by atoms with Crippen molar-refractivity contribution in [2.24, 2.45) is 4.99 Å². The molecule has 2 N–H and O–H groups in total. The molecule has 0 aliphatic heterocycles. The van der Waals surface area contributed by atoms with E-state index in [1.54, 1.807) is 19.2 Å². The molecule has 0 saturated heterocycles. The largest absolute Gasteiger partial charge is 0.497 e. The van der Waals surface area contributed by atoms with Crippen molar-refractivity contribution in [3.63, 3.8) is 0 Å². The van der Waals surface area contributed by atoms with Gasteiger partial charge in [0.15, 0.2) is 5.96 Å². The van der Waals surface area contributed by atoms with Crippen molar-refractivity contribution in [2.75, 3.05) is 20.3 Å². The van der Waals surface area contributed by atoms with Gasteiger partial charge in [0, 0.05) is 13.1 Å². The summed E-state index contributed by atoms with van der Waals surface area (Å²) in [5, 5.41) is 6.43. The Morgan fingerprint density at radius 1 is 1.00 bits per heavy atom. The van der Waals surface area contributed by atoms with E-state index in [0.29, 0.717) is 24.6 Å². The van der Waals surface area contributed by atoms with Crippen molar-refractivity contribution in [2.45, 2.75) is 32.8 Å². The molecule has 0 aliphatic rings. The Hall–Kier alpha value is -2.01. The second-order valence-electron chi connectivity index (χ2n) is 6.32. The number of alkyl halides is 3. The zero-order valence-electron chi connectivity index (χ0n) is 17.0. The van der Waals surface area contributed by atoms with Crippen LogP contribution in [0, 0.1) is 0 Å². The molecule has 0 saturated carbocycles. The average molecular weight is 537 g/mol. The predicted molar refractivity (Wildman–Crippen MR) is 122 cm³/mol. The summed E-state index contributed by atoms with van der Waals surface area (Å²) in [4.78, 5) is 4.57. The summed E-state index contributed by atoms with van der Waals surface area (Å²) in [6.07, 6.45) is -4.31. The molecule has 0 radical (unpaired) electrons. The Kier molecular flexibility index (Phi) is 11.6. The summed E-state index contributed by atoms with van der Waals surface area (Å²) in [6, 6.07) is 14.9. The number of nitrogens with one attached hydrogen (secondary N) is 2. The summed E-state index contributed by atoms with van der Waals surface area (Å²) in [5.41, 5.74) is 2.71. The number of hydrogen-bond donors (Lipinski definition) is 2. The maximum absolute atomic E-state index is 12.1. The van der Waals surface area contributed by atoms with Gasteiger partial charge in [0.1, 0.15) is 12.4 Å². The van der Waals surface area contributed by atoms with E-state index in [1.807, 2.05) is 43.3 Å². The molecule has 2 aromatic carbocycles. The minimum absolute atomic E-state index is 0. The monoisotopic (exact) mass is 537 g/mol. The molecule has 0 aliphatic carbocycles. The summed E-state index contributed by atoms with van der Waals surface area (Å²) in [5.74, 6) is 1.46. The van der Waals surface area contributed by atoms with Gasteiger partial charge in [-0.25, -0.2) is 4.99 Å². The smallest absolute Gasteiger partial charge is 0.411 e. The minimum Gasteiger partial charge on any atom is -0.497 e. The standard InChI is InChI=1S/C21H26F3N3O2.HI/c1-3-25-20(27-13-18-5-4-6-19(11-18)28-2)26-12-16-7-9-17(10-8-16)14-29-15-21(22,23)24;/h4-11H,3,12-15H2,1-2H3,(H2,25,26,27);1H. The number of nitrogens with zero attached hydrogens (tertiary/aromatic N) is 1. The Balaban J connectivity index is 0.00000450. The topological polar surface area (TPSA) is 54.9 Å². The van der Waals surface area contributed by atoms with Crippen LogP contribution in [0.4, 0.5) is 13.2 Å². The first-order valence-corrected chi connectivity index (χ1v) is 9.27. The van der Waals surface area contributed by atoms with Crippen molar-refractivity contribution in [1.82, 2.24) is 10.6 Å². The highest BCUT2D eigenvalue weighted by Gasteiger charge is 2.27. The lowest BCUT2D eigenvalue weighted by Gasteiger charge is -2.12. The highest BCUT2D eigenvalue weighted by Crippen LogP contribution is 2.16. The predicted octanol–water partition coefficient (Wildman–Crippen LogP) is 4.65. The molecule has 5 nitrogen and oxygen atoms in total. The molecular formula is C21H27F3IN3O2. The second kappa shape index (κ2) is 13.3. The van der Waals surface area contributed by atoms with E-state index in [0.717, 1.165) is 23.4 Å². The molecular weight excluding hydrogens is 510 g/mol. The van der Waals surface area contributed by atoms with Crippen LogP contribution < -0.4 is 15.4 Å². The lowest BCUT2D eigenvalue weighted by atomic mass is 10.1. The normalized spacial score (nSPS) is 11.6. The maximum Gasteiger partial charge on any atom is 0.411 e. The third-order valence-electron chi connectivity index (χ3n) is 3.92. The summed E-state index contributed by atoms with van der Waals surface area (Å²) < 4.78 is 46.2. The number of aliphatic imine (C=N–C) groups is 1. The fourth-order valence-electron chi connectivity index (χ4n) is 2.51. The molecule has 2 aromatic rings. The third kappa shape index (κ3) is 10.1. The van der Waals surface area contributed by atoms with Gasteiger partial charge in [0.2, 0.25) is 0 Å². The molecule has 0 atom stereocenters. The van der Waals surface area contributed by atoms with E-state index in [4.69, 9.17) is 4.74 Å². The van der Waals surface area contributed by atoms with Crippen LogP contribution in [-0.4, -0.2) is 32.4 Å². The van der Waals surface area contributed by atoms with Gasteiger partial charge in [-0.05, 0) is 35.7 Å². The molecule has 0 fully saturated rings. The summed E-state index contributed by atoms with van der Waals surface area (Å²) in [6.45, 7) is 2.43. The SMILES string of the molecule is CCNC(=NCc1cccc(OC)c1)NCc1ccc(COCC(F)(F)F)cc1.I. The van der Waals surface area contributed by atoms with Crippen LogP contribution in [-0.2, 0) is 24.4 Å². The van der Waals surface area contributed by atoms with Crippen molar-refractivity contribution in [3.8, 4) is 5.75 Å². The second-order valence-corrected chi connectivity index (χ2v) is 6.32. The average Bonchev–Trinajstić information content (AvgIpc) is 2.70. The number of ether oxygens (including phenoxy) is 2. The fraction of sp³-hybridized carbons (Fsp3) is 0.381. The van der Waals surface area contributed by atoms with Crippen LogP contribution in [0.3, 0.4) is 0 Å². The maximum atomic E-state index is 12.1. The first kappa shape index (κ1) is 26.0. The van der Waals surface area contributed by atoms with Gasteiger partial charge in [0.05, 0.1) is 20.3 Å². The van der Waals surface area contributed by atoms with Gasteiger partial charge in [-0.1, -0.05) is 36.4 Å². The molecule has 0 spiro atoms. The molecule has 9 heteroatoms. The quantitative estimate of drug-likeness (QED) is 0.278. The van der Waals surface area contributed by atoms with Crippen LogP contribution in [0.5, 0.6) is 5.75 Å². The number of hydrogen-bond acceptors (Lipinski definition) is 3. The fourth-order valence-corrected chi connectivity index (χ4v) is 2.51. The Bertz CT molecular complexity index is 784. The van der Waals surface area contributed by atoms with E-state index in [1.165, 1.54) is 0 Å². The highest BCUT2D eigenvalue weighted by atomic mass is 127. The van der Waals surface area contributed by atoms with E-state index < -0.39 is 12.8 Å². The van der Waals surface area contributed by atoms with Crippen LogP contribution in [0.1, 0.15) is 23.6 Å².